The van der Waals surface area contributed by atoms with Crippen molar-refractivity contribution in [3.63, 3.8) is 0 Å². The molecule has 0 saturated carbocycles. The van der Waals surface area contributed by atoms with E-state index in [1.54, 1.807) is 24.3 Å². The Hall–Kier alpha value is -2.71. The Kier molecular flexibility index (Phi) is 7.53. The highest BCUT2D eigenvalue weighted by Gasteiger charge is 2.15. The van der Waals surface area contributed by atoms with Crippen molar-refractivity contribution >= 4 is 26.0 Å². The summed E-state index contributed by atoms with van der Waals surface area (Å²) in [5.74, 6) is 1.56. The first kappa shape index (κ1) is 22.6. The molecule has 0 atom stereocenters. The zero-order chi connectivity index (χ0) is 21.5. The average molecular weight is 436 g/mol. The predicted octanol–water partition coefficient (Wildman–Crippen LogP) is 0.577. The van der Waals surface area contributed by atoms with Crippen LogP contribution in [0.5, 0.6) is 0 Å². The van der Waals surface area contributed by atoms with Gasteiger partial charge in [-0.1, -0.05) is 30.2 Å². The lowest BCUT2D eigenvalue weighted by atomic mass is 10.1. The van der Waals surface area contributed by atoms with Gasteiger partial charge in [0.25, 0.3) is 5.91 Å². The summed E-state index contributed by atoms with van der Waals surface area (Å²) in [6.45, 7) is -0.00866. The number of sulfonamides is 2. The number of benzene rings is 2. The monoisotopic (exact) mass is 435 g/mol. The average Bonchev–Trinajstić information content (AvgIpc) is 2.71. The van der Waals surface area contributed by atoms with E-state index in [-0.39, 0.29) is 29.3 Å². The second-order valence-electron chi connectivity index (χ2n) is 5.97. The smallest absolute Gasteiger partial charge is 0.251 e. The van der Waals surface area contributed by atoms with Crippen LogP contribution in [0.4, 0.5) is 0 Å². The number of rotatable bonds is 9. The molecular weight excluding hydrogens is 414 g/mol. The highest BCUT2D eigenvalue weighted by molar-refractivity contribution is 7.89. The summed E-state index contributed by atoms with van der Waals surface area (Å²) >= 11 is 0. The third-order valence-corrected chi connectivity index (χ3v) is 6.74. The van der Waals surface area contributed by atoms with E-state index in [9.17, 15) is 21.6 Å². The molecule has 0 unspecified atom stereocenters. The molecular formula is C19H21N3O5S2. The highest BCUT2D eigenvalue weighted by Crippen LogP contribution is 2.13. The van der Waals surface area contributed by atoms with Gasteiger partial charge in [-0.25, -0.2) is 21.6 Å². The Morgan fingerprint density at radius 2 is 1.62 bits per heavy atom. The Bertz CT molecular complexity index is 1120. The number of carbonyl (C=O) groups excluding carboxylic acids is 1. The van der Waals surface area contributed by atoms with Crippen molar-refractivity contribution in [3.05, 3.63) is 65.2 Å². The van der Waals surface area contributed by atoms with Gasteiger partial charge in [0, 0.05) is 12.1 Å². The molecule has 2 aromatic rings. The number of hydrogen-bond acceptors (Lipinski definition) is 5. The van der Waals surface area contributed by atoms with Crippen LogP contribution < -0.4 is 14.8 Å². The van der Waals surface area contributed by atoms with Crippen LogP contribution in [-0.2, 0) is 32.3 Å². The van der Waals surface area contributed by atoms with E-state index in [1.807, 2.05) is 0 Å². The van der Waals surface area contributed by atoms with E-state index >= 15 is 0 Å². The van der Waals surface area contributed by atoms with Gasteiger partial charge in [-0.3, -0.25) is 4.79 Å². The summed E-state index contributed by atoms with van der Waals surface area (Å²) in [6, 6.07) is 12.3. The number of nitrogens with one attached hydrogen (secondary N) is 3. The lowest BCUT2D eigenvalue weighted by molar-refractivity contribution is 0.0950. The van der Waals surface area contributed by atoms with Crippen molar-refractivity contribution in [2.24, 2.45) is 0 Å². The zero-order valence-corrected chi connectivity index (χ0v) is 17.3. The lowest BCUT2D eigenvalue weighted by Crippen LogP contribution is -2.26. The second kappa shape index (κ2) is 9.67. The summed E-state index contributed by atoms with van der Waals surface area (Å²) in [5, 5.41) is 2.71. The fourth-order valence-corrected chi connectivity index (χ4v) is 4.20. The van der Waals surface area contributed by atoms with Crippen LogP contribution in [0.1, 0.15) is 21.5 Å². The van der Waals surface area contributed by atoms with Crippen molar-refractivity contribution in [2.45, 2.75) is 17.2 Å². The molecule has 2 aromatic carbocycles. The van der Waals surface area contributed by atoms with Crippen molar-refractivity contribution < 1.29 is 21.6 Å². The zero-order valence-electron chi connectivity index (χ0n) is 15.7. The van der Waals surface area contributed by atoms with Crippen molar-refractivity contribution in [2.75, 3.05) is 13.6 Å². The predicted molar refractivity (Wildman–Crippen MR) is 110 cm³/mol. The molecule has 0 aliphatic carbocycles. The Morgan fingerprint density at radius 3 is 2.21 bits per heavy atom. The second-order valence-corrected chi connectivity index (χ2v) is 9.66. The van der Waals surface area contributed by atoms with Gasteiger partial charge in [-0.2, -0.15) is 4.72 Å². The van der Waals surface area contributed by atoms with Gasteiger partial charge in [0.15, 0.2) is 0 Å². The van der Waals surface area contributed by atoms with Gasteiger partial charge in [0.2, 0.25) is 20.0 Å². The van der Waals surface area contributed by atoms with E-state index in [0.717, 1.165) is 0 Å². The maximum Gasteiger partial charge on any atom is 0.251 e. The van der Waals surface area contributed by atoms with E-state index in [4.69, 9.17) is 6.42 Å². The van der Waals surface area contributed by atoms with Crippen LogP contribution in [0.25, 0.3) is 0 Å². The maximum absolute atomic E-state index is 12.4. The molecule has 0 radical (unpaired) electrons. The largest absolute Gasteiger partial charge is 0.348 e. The van der Waals surface area contributed by atoms with Gasteiger partial charge >= 0.3 is 0 Å². The Balaban J connectivity index is 2.08. The summed E-state index contributed by atoms with van der Waals surface area (Å²) < 4.78 is 52.1. The van der Waals surface area contributed by atoms with Crippen LogP contribution >= 0.6 is 0 Å². The molecule has 3 N–H and O–H groups in total. The summed E-state index contributed by atoms with van der Waals surface area (Å²) in [6.07, 6.45) is 5.04. The van der Waals surface area contributed by atoms with Crippen LogP contribution in [0.2, 0.25) is 0 Å². The van der Waals surface area contributed by atoms with E-state index in [1.165, 1.54) is 31.3 Å². The van der Waals surface area contributed by atoms with E-state index < -0.39 is 26.0 Å². The molecule has 0 heterocycles. The molecule has 154 valence electrons. The number of hydrogen-bond donors (Lipinski definition) is 3. The van der Waals surface area contributed by atoms with Gasteiger partial charge < -0.3 is 5.32 Å². The molecule has 1 amide bonds. The molecule has 0 spiro atoms. The van der Waals surface area contributed by atoms with Crippen LogP contribution in [0.3, 0.4) is 0 Å². The van der Waals surface area contributed by atoms with Gasteiger partial charge in [0.1, 0.15) is 0 Å². The molecule has 2 rings (SSSR count). The molecule has 8 nitrogen and oxygen atoms in total. The SMILES string of the molecule is C#CCNS(=O)(=O)c1ccc(C(=O)NCc2ccccc2CS(=O)(=O)NC)cc1. The summed E-state index contributed by atoms with van der Waals surface area (Å²) in [5.41, 5.74) is 1.50. The summed E-state index contributed by atoms with van der Waals surface area (Å²) in [7, 11) is -5.84. The number of amides is 1. The third kappa shape index (κ3) is 6.40. The van der Waals surface area contributed by atoms with Crippen LogP contribution in [-0.4, -0.2) is 36.3 Å². The van der Waals surface area contributed by atoms with Gasteiger partial charge in [-0.05, 0) is 42.4 Å². The topological polar surface area (TPSA) is 121 Å². The third-order valence-electron chi connectivity index (χ3n) is 4.01. The molecule has 29 heavy (non-hydrogen) atoms. The maximum atomic E-state index is 12.4. The molecule has 0 bridgehead atoms. The minimum atomic E-state index is -3.73. The fraction of sp³-hybridized carbons (Fsp3) is 0.211. The first-order valence-electron chi connectivity index (χ1n) is 8.48. The molecule has 10 heteroatoms. The first-order chi connectivity index (χ1) is 13.7. The molecule has 0 aliphatic rings. The molecule has 0 fully saturated rings. The quantitative estimate of drug-likeness (QED) is 0.498. The minimum Gasteiger partial charge on any atom is -0.348 e. The first-order valence-corrected chi connectivity index (χ1v) is 11.6. The van der Waals surface area contributed by atoms with Crippen molar-refractivity contribution in [1.29, 1.82) is 0 Å². The van der Waals surface area contributed by atoms with Crippen LogP contribution in [0, 0.1) is 12.3 Å². The molecule has 0 aliphatic heterocycles. The minimum absolute atomic E-state index is 0.00748. The Labute approximate surface area is 170 Å². The fourth-order valence-electron chi connectivity index (χ4n) is 2.43. The molecule has 0 aromatic heterocycles. The summed E-state index contributed by atoms with van der Waals surface area (Å²) in [4.78, 5) is 12.4. The number of carbonyl (C=O) groups is 1. The Morgan fingerprint density at radius 1 is 1.00 bits per heavy atom. The number of terminal acetylenes is 1. The standard InChI is InChI=1S/C19H21N3O5S2/c1-3-12-22-29(26,27)18-10-8-15(9-11-18)19(23)21-13-16-6-4-5-7-17(16)14-28(24,25)20-2/h1,4-11,20,22H,12-14H2,2H3,(H,21,23). The van der Waals surface area contributed by atoms with Crippen molar-refractivity contribution in [1.82, 2.24) is 14.8 Å². The van der Waals surface area contributed by atoms with Crippen LogP contribution in [0.15, 0.2) is 53.4 Å². The van der Waals surface area contributed by atoms with Crippen molar-refractivity contribution in [3.8, 4) is 12.3 Å². The van der Waals surface area contributed by atoms with E-state index in [0.29, 0.717) is 11.1 Å². The lowest BCUT2D eigenvalue weighted by Gasteiger charge is -2.11. The molecule has 0 saturated heterocycles. The highest BCUT2D eigenvalue weighted by atomic mass is 32.2. The van der Waals surface area contributed by atoms with Gasteiger partial charge in [0.05, 0.1) is 17.2 Å². The normalized spacial score (nSPS) is 11.6. The van der Waals surface area contributed by atoms with E-state index in [2.05, 4.69) is 20.7 Å². The van der Waals surface area contributed by atoms with Gasteiger partial charge in [-0.15, -0.1) is 6.42 Å².